The van der Waals surface area contributed by atoms with Crippen LogP contribution in [0, 0.1) is 0 Å². The second kappa shape index (κ2) is 3.71. The van der Waals surface area contributed by atoms with E-state index in [-0.39, 0.29) is 0 Å². The first-order valence-electron chi connectivity index (χ1n) is 1.77. The molecule has 0 aliphatic rings. The molecule has 0 fully saturated rings. The Bertz CT molecular complexity index is 67.3. The fraction of sp³-hybridized carbons (Fsp3) is 0.500. The average molecular weight is 110 g/mol. The lowest BCUT2D eigenvalue weighted by atomic mass is 10.5. The normalized spacial score (nSPS) is 12.1. The standard InChI is InChI=1S/C4H5F3/c5-2-1-4(7)3-6/h1H,2-3H2. The zero-order valence-corrected chi connectivity index (χ0v) is 3.63. The molecule has 0 aliphatic heterocycles. The molecule has 0 spiro atoms. The molecule has 0 saturated heterocycles. The third-order valence-electron chi connectivity index (χ3n) is 0.426. The third-order valence-corrected chi connectivity index (χ3v) is 0.426. The average Bonchev–Trinajstić information content (AvgIpc) is 1.68. The minimum absolute atomic E-state index is 0.556. The zero-order valence-electron chi connectivity index (χ0n) is 3.63. The molecular weight excluding hydrogens is 105 g/mol. The summed E-state index contributed by atoms with van der Waals surface area (Å²) < 4.78 is 33.3. The molecule has 3 heteroatoms. The van der Waals surface area contributed by atoms with E-state index in [1.54, 1.807) is 0 Å². The number of allylic oxidation sites excluding steroid dienone is 2. The molecule has 0 atom stereocenters. The summed E-state index contributed by atoms with van der Waals surface area (Å²) in [5.74, 6) is -1.04. The summed E-state index contributed by atoms with van der Waals surface area (Å²) in [5.41, 5.74) is 0. The van der Waals surface area contributed by atoms with Gasteiger partial charge < -0.3 is 0 Å². The van der Waals surface area contributed by atoms with Crippen molar-refractivity contribution in [1.82, 2.24) is 0 Å². The van der Waals surface area contributed by atoms with Crippen LogP contribution in [0.4, 0.5) is 13.2 Å². The van der Waals surface area contributed by atoms with E-state index in [2.05, 4.69) is 0 Å². The predicted molar refractivity (Wildman–Crippen MR) is 21.1 cm³/mol. The highest BCUT2D eigenvalue weighted by molar-refractivity contribution is 4.90. The minimum atomic E-state index is -1.20. The van der Waals surface area contributed by atoms with Gasteiger partial charge in [-0.2, -0.15) is 0 Å². The van der Waals surface area contributed by atoms with Gasteiger partial charge in [-0.25, -0.2) is 13.2 Å². The van der Waals surface area contributed by atoms with Gasteiger partial charge in [0.15, 0.2) is 0 Å². The Morgan fingerprint density at radius 2 is 2.00 bits per heavy atom. The van der Waals surface area contributed by atoms with Gasteiger partial charge in [-0.15, -0.1) is 0 Å². The fourth-order valence-corrected chi connectivity index (χ4v) is 0.138. The van der Waals surface area contributed by atoms with Gasteiger partial charge in [-0.1, -0.05) is 0 Å². The van der Waals surface area contributed by atoms with Crippen LogP contribution in [0.5, 0.6) is 0 Å². The van der Waals surface area contributed by atoms with Crippen molar-refractivity contribution in [2.75, 3.05) is 13.3 Å². The molecule has 0 saturated carbocycles. The number of alkyl halides is 2. The quantitative estimate of drug-likeness (QED) is 0.508. The van der Waals surface area contributed by atoms with Crippen LogP contribution < -0.4 is 0 Å². The molecule has 7 heavy (non-hydrogen) atoms. The van der Waals surface area contributed by atoms with Gasteiger partial charge in [-0.3, -0.25) is 0 Å². The molecule has 0 aromatic rings. The summed E-state index contributed by atoms with van der Waals surface area (Å²) in [7, 11) is 0. The molecule has 0 nitrogen and oxygen atoms in total. The summed E-state index contributed by atoms with van der Waals surface area (Å²) in [5, 5.41) is 0. The molecule has 42 valence electrons. The van der Waals surface area contributed by atoms with Crippen LogP contribution in [0.2, 0.25) is 0 Å². The summed E-state index contributed by atoms with van der Waals surface area (Å²) in [4.78, 5) is 0. The smallest absolute Gasteiger partial charge is 0.141 e. The summed E-state index contributed by atoms with van der Waals surface area (Å²) in [6, 6.07) is 0. The van der Waals surface area contributed by atoms with E-state index in [1.165, 1.54) is 0 Å². The van der Waals surface area contributed by atoms with Crippen molar-refractivity contribution in [3.63, 3.8) is 0 Å². The minimum Gasteiger partial charge on any atom is -0.246 e. The van der Waals surface area contributed by atoms with Gasteiger partial charge in [0, 0.05) is 0 Å². The van der Waals surface area contributed by atoms with Crippen molar-refractivity contribution in [3.8, 4) is 0 Å². The van der Waals surface area contributed by atoms with Crippen molar-refractivity contribution < 1.29 is 13.2 Å². The van der Waals surface area contributed by atoms with Crippen molar-refractivity contribution in [2.24, 2.45) is 0 Å². The molecule has 0 rings (SSSR count). The van der Waals surface area contributed by atoms with Crippen LogP contribution in [0.1, 0.15) is 0 Å². The predicted octanol–water partition coefficient (Wildman–Crippen LogP) is 1.78. The van der Waals surface area contributed by atoms with Gasteiger partial charge in [-0.05, 0) is 6.08 Å². The van der Waals surface area contributed by atoms with E-state index in [0.717, 1.165) is 0 Å². The van der Waals surface area contributed by atoms with E-state index < -0.39 is 19.2 Å². The lowest BCUT2D eigenvalue weighted by Crippen LogP contribution is -1.74. The largest absolute Gasteiger partial charge is 0.246 e. The number of halogens is 3. The summed E-state index contributed by atoms with van der Waals surface area (Å²) in [6.45, 7) is -2.14. The van der Waals surface area contributed by atoms with Crippen LogP contribution in [0.25, 0.3) is 0 Å². The van der Waals surface area contributed by atoms with Crippen LogP contribution in [-0.2, 0) is 0 Å². The highest BCUT2D eigenvalue weighted by atomic mass is 19.2. The molecule has 0 aromatic carbocycles. The first kappa shape index (κ1) is 6.53. The van der Waals surface area contributed by atoms with Gasteiger partial charge in [0.2, 0.25) is 0 Å². The Hall–Kier alpha value is -0.470. The van der Waals surface area contributed by atoms with E-state index in [1.807, 2.05) is 0 Å². The number of rotatable bonds is 2. The lowest BCUT2D eigenvalue weighted by Gasteiger charge is -1.79. The summed E-state index contributed by atoms with van der Waals surface area (Å²) in [6.07, 6.45) is 0.556. The van der Waals surface area contributed by atoms with Crippen molar-refractivity contribution in [3.05, 3.63) is 11.9 Å². The molecule has 0 aliphatic carbocycles. The Kier molecular flexibility index (Phi) is 3.46. The highest BCUT2D eigenvalue weighted by Crippen LogP contribution is 1.94. The molecule has 0 N–H and O–H groups in total. The van der Waals surface area contributed by atoms with Crippen LogP contribution in [0.3, 0.4) is 0 Å². The molecule has 0 heterocycles. The molecule has 0 aromatic heterocycles. The maximum Gasteiger partial charge on any atom is 0.141 e. The van der Waals surface area contributed by atoms with E-state index >= 15 is 0 Å². The molecule has 0 bridgehead atoms. The topological polar surface area (TPSA) is 0 Å². The van der Waals surface area contributed by atoms with Gasteiger partial charge >= 0.3 is 0 Å². The first-order chi connectivity index (χ1) is 3.31. The van der Waals surface area contributed by atoms with Crippen molar-refractivity contribution in [1.29, 1.82) is 0 Å². The van der Waals surface area contributed by atoms with Crippen LogP contribution in [0.15, 0.2) is 11.9 Å². The second-order valence-corrected chi connectivity index (χ2v) is 0.939. The number of hydrogen-bond acceptors (Lipinski definition) is 0. The van der Waals surface area contributed by atoms with E-state index in [0.29, 0.717) is 6.08 Å². The monoisotopic (exact) mass is 110 g/mol. The zero-order chi connectivity index (χ0) is 5.70. The SMILES string of the molecule is FCC=C(F)CF. The Morgan fingerprint density at radius 3 is 2.14 bits per heavy atom. The Morgan fingerprint density at radius 1 is 1.43 bits per heavy atom. The van der Waals surface area contributed by atoms with E-state index in [9.17, 15) is 13.2 Å². The third kappa shape index (κ3) is 3.36. The maximum absolute atomic E-state index is 11.4. The molecule has 0 amide bonds. The Balaban J connectivity index is 3.29. The number of hydrogen-bond donors (Lipinski definition) is 0. The van der Waals surface area contributed by atoms with Gasteiger partial charge in [0.05, 0.1) is 0 Å². The van der Waals surface area contributed by atoms with Gasteiger partial charge in [0.25, 0.3) is 0 Å². The maximum atomic E-state index is 11.4. The second-order valence-electron chi connectivity index (χ2n) is 0.939. The van der Waals surface area contributed by atoms with Crippen LogP contribution >= 0.6 is 0 Å². The van der Waals surface area contributed by atoms with Crippen molar-refractivity contribution >= 4 is 0 Å². The van der Waals surface area contributed by atoms with Gasteiger partial charge in [0.1, 0.15) is 19.2 Å². The summed E-state index contributed by atoms with van der Waals surface area (Å²) >= 11 is 0. The lowest BCUT2D eigenvalue weighted by molar-refractivity contribution is 0.449. The fourth-order valence-electron chi connectivity index (χ4n) is 0.138. The Labute approximate surface area is 39.6 Å². The van der Waals surface area contributed by atoms with Crippen LogP contribution in [-0.4, -0.2) is 13.3 Å². The first-order valence-corrected chi connectivity index (χ1v) is 1.77. The van der Waals surface area contributed by atoms with Crippen molar-refractivity contribution in [2.45, 2.75) is 0 Å². The molecular formula is C4H5F3. The molecule has 0 unspecified atom stereocenters. The molecule has 0 radical (unpaired) electrons. The highest BCUT2D eigenvalue weighted by Gasteiger charge is 1.87. The van der Waals surface area contributed by atoms with E-state index in [4.69, 9.17) is 0 Å².